The summed E-state index contributed by atoms with van der Waals surface area (Å²) in [5.74, 6) is 1.47. The molecule has 5 nitrogen and oxygen atoms in total. The van der Waals surface area contributed by atoms with E-state index in [4.69, 9.17) is 4.74 Å². The van der Waals surface area contributed by atoms with Crippen molar-refractivity contribution in [2.75, 3.05) is 0 Å². The average Bonchev–Trinajstić information content (AvgIpc) is 3.28. The Kier molecular flexibility index (Phi) is 3.67. The number of hydrogen-bond acceptors (Lipinski definition) is 5. The predicted octanol–water partition coefficient (Wildman–Crippen LogP) is 3.28. The molecule has 0 saturated carbocycles. The molecular formula is C23H20N4OPt-2. The van der Waals surface area contributed by atoms with Gasteiger partial charge in [-0.3, -0.25) is 0 Å². The fraction of sp³-hybridized carbons (Fsp3) is 0.217. The van der Waals surface area contributed by atoms with Crippen molar-refractivity contribution in [3.05, 3.63) is 84.5 Å². The maximum absolute atomic E-state index is 6.08. The van der Waals surface area contributed by atoms with Crippen LogP contribution in [0.1, 0.15) is 25.0 Å². The van der Waals surface area contributed by atoms with Crippen LogP contribution in [0.2, 0.25) is 0 Å². The van der Waals surface area contributed by atoms with Gasteiger partial charge in [-0.15, -0.1) is 0 Å². The molecule has 0 unspecified atom stereocenters. The van der Waals surface area contributed by atoms with E-state index >= 15 is 0 Å². The van der Waals surface area contributed by atoms with Crippen molar-refractivity contribution in [3.8, 4) is 11.5 Å². The van der Waals surface area contributed by atoms with Gasteiger partial charge in [0.15, 0.2) is 0 Å². The Bertz CT molecular complexity index is 1060. The predicted molar refractivity (Wildman–Crippen MR) is 108 cm³/mol. The third-order valence-corrected chi connectivity index (χ3v) is 8.89. The number of nitrogens with zero attached hydrogens (tertiary/aromatic N) is 4. The van der Waals surface area contributed by atoms with Crippen molar-refractivity contribution in [1.29, 1.82) is 0 Å². The van der Waals surface area contributed by atoms with Crippen LogP contribution in [0, 0.1) is 12.1 Å². The van der Waals surface area contributed by atoms with Crippen molar-refractivity contribution in [2.45, 2.75) is 32.6 Å². The molecule has 2 aromatic rings. The topological polar surface area (TPSA) is 22.2 Å². The second-order valence-corrected chi connectivity index (χ2v) is 10.4. The van der Waals surface area contributed by atoms with Gasteiger partial charge in [0.25, 0.3) is 0 Å². The molecule has 6 bridgehead atoms. The van der Waals surface area contributed by atoms with E-state index in [9.17, 15) is 0 Å². The molecule has 0 N–H and O–H groups in total. The Labute approximate surface area is 178 Å². The second kappa shape index (κ2) is 6.17. The fourth-order valence-electron chi connectivity index (χ4n) is 3.93. The zero-order valence-corrected chi connectivity index (χ0v) is 18.5. The molecule has 0 amide bonds. The standard InChI is InChI=1S/C23H20N4O.Pt/c1-23(2)26-11-9-24(17-26)15-19-5-3-7-21(13-19)28-22-8-4-6-20(14-22)16-25-10-12-27(23)18-25;/h3-12H,15-16H2,1-2H3;/q-2;. The van der Waals surface area contributed by atoms with E-state index < -0.39 is 0 Å². The molecule has 2 aromatic carbocycles. The summed E-state index contributed by atoms with van der Waals surface area (Å²) in [5.41, 5.74) is 2.09. The molecule has 29 heavy (non-hydrogen) atoms. The normalized spacial score (nSPS) is 21.2. The molecule has 0 spiro atoms. The van der Waals surface area contributed by atoms with Crippen molar-refractivity contribution < 1.29 is 22.4 Å². The van der Waals surface area contributed by atoms with Gasteiger partial charge in [0.2, 0.25) is 0 Å². The first-order valence-electron chi connectivity index (χ1n) is 9.59. The maximum atomic E-state index is 6.08. The molecule has 0 atom stereocenters. The van der Waals surface area contributed by atoms with Gasteiger partial charge in [-0.25, -0.2) is 0 Å². The summed E-state index contributed by atoms with van der Waals surface area (Å²) < 4.78 is 8.89. The van der Waals surface area contributed by atoms with Crippen molar-refractivity contribution in [3.63, 3.8) is 0 Å². The number of benzene rings is 2. The first-order chi connectivity index (χ1) is 14.1. The SMILES string of the molecule is CC1(C)N2C=CN3Cc4[c-]c(ccc4)Oc4[c-]c(ccc4)CN4C=CN1[C]4=[Pt]=[C]32. The third kappa shape index (κ3) is 2.71. The molecule has 0 saturated heterocycles. The number of fused-ring (bicyclic) bond motifs is 4. The minimum absolute atomic E-state index is 0.142. The molecule has 150 valence electrons. The molecular weight excluding hydrogens is 543 g/mol. The van der Waals surface area contributed by atoms with Crippen LogP contribution in [0.5, 0.6) is 11.5 Å². The summed E-state index contributed by atoms with van der Waals surface area (Å²) in [6.45, 7) is 6.16. The minimum atomic E-state index is -0.362. The van der Waals surface area contributed by atoms with Crippen LogP contribution in [0.15, 0.2) is 61.2 Å². The van der Waals surface area contributed by atoms with Crippen LogP contribution in [0.25, 0.3) is 0 Å². The van der Waals surface area contributed by atoms with E-state index in [0.717, 1.165) is 35.7 Å². The van der Waals surface area contributed by atoms with Crippen LogP contribution in [-0.4, -0.2) is 33.6 Å². The van der Waals surface area contributed by atoms with Crippen molar-refractivity contribution >= 4 is 8.29 Å². The number of hydrogen-bond donors (Lipinski definition) is 0. The second-order valence-electron chi connectivity index (χ2n) is 7.83. The van der Waals surface area contributed by atoms with Crippen molar-refractivity contribution in [2.24, 2.45) is 0 Å². The zero-order valence-electron chi connectivity index (χ0n) is 16.2. The number of rotatable bonds is 0. The van der Waals surface area contributed by atoms with E-state index in [0.29, 0.717) is 0 Å². The van der Waals surface area contributed by atoms with E-state index in [-0.39, 0.29) is 23.3 Å². The summed E-state index contributed by atoms with van der Waals surface area (Å²) in [6.07, 6.45) is 8.85. The molecule has 4 aliphatic heterocycles. The van der Waals surface area contributed by atoms with E-state index in [1.807, 2.05) is 24.3 Å². The fourth-order valence-corrected chi connectivity index (χ4v) is 7.86. The van der Waals surface area contributed by atoms with Crippen LogP contribution in [0.3, 0.4) is 0 Å². The Hall–Kier alpha value is -2.65. The van der Waals surface area contributed by atoms with Crippen molar-refractivity contribution in [1.82, 2.24) is 19.6 Å². The Balaban J connectivity index is 1.54. The van der Waals surface area contributed by atoms with Gasteiger partial charge in [-0.1, -0.05) is 0 Å². The molecule has 4 aliphatic rings. The summed E-state index contributed by atoms with van der Waals surface area (Å²) in [6, 6.07) is 19.1. The molecule has 0 radical (unpaired) electrons. The molecule has 4 heterocycles. The number of ether oxygens (including phenoxy) is 1. The third-order valence-electron chi connectivity index (χ3n) is 5.48. The summed E-state index contributed by atoms with van der Waals surface area (Å²) in [4.78, 5) is 9.61. The van der Waals surface area contributed by atoms with Gasteiger partial charge in [-0.05, 0) is 0 Å². The van der Waals surface area contributed by atoms with Crippen LogP contribution in [-0.2, 0) is 30.7 Å². The molecule has 6 rings (SSSR count). The molecule has 0 aromatic heterocycles. The van der Waals surface area contributed by atoms with Gasteiger partial charge >= 0.3 is 179 Å². The Morgan fingerprint density at radius 1 is 0.793 bits per heavy atom. The zero-order chi connectivity index (χ0) is 19.6. The van der Waals surface area contributed by atoms with Gasteiger partial charge in [-0.2, -0.15) is 0 Å². The quantitative estimate of drug-likeness (QED) is 0.458. The summed E-state index contributed by atoms with van der Waals surface area (Å²) in [5, 5.41) is 0. The van der Waals surface area contributed by atoms with Crippen LogP contribution in [0.4, 0.5) is 0 Å². The molecule has 0 fully saturated rings. The van der Waals surface area contributed by atoms with E-state index in [1.165, 1.54) is 8.29 Å². The summed E-state index contributed by atoms with van der Waals surface area (Å²) in [7, 11) is 0. The summed E-state index contributed by atoms with van der Waals surface area (Å²) >= 11 is -0.362. The first kappa shape index (κ1) is 17.2. The van der Waals surface area contributed by atoms with E-state index in [2.05, 4.69) is 82.5 Å². The Morgan fingerprint density at radius 2 is 1.31 bits per heavy atom. The molecule has 6 heteroatoms. The van der Waals surface area contributed by atoms with Gasteiger partial charge in [0.1, 0.15) is 0 Å². The van der Waals surface area contributed by atoms with Gasteiger partial charge < -0.3 is 0 Å². The average molecular weight is 564 g/mol. The van der Waals surface area contributed by atoms with Gasteiger partial charge in [0, 0.05) is 0 Å². The Morgan fingerprint density at radius 3 is 1.83 bits per heavy atom. The van der Waals surface area contributed by atoms with E-state index in [1.54, 1.807) is 0 Å². The molecule has 0 aliphatic carbocycles. The van der Waals surface area contributed by atoms with Crippen LogP contribution >= 0.6 is 0 Å². The van der Waals surface area contributed by atoms with Crippen LogP contribution < -0.4 is 4.74 Å². The first-order valence-corrected chi connectivity index (χ1v) is 11.9. The monoisotopic (exact) mass is 563 g/mol. The van der Waals surface area contributed by atoms with Gasteiger partial charge in [0.05, 0.1) is 0 Å².